The highest BCUT2D eigenvalue weighted by molar-refractivity contribution is 5.80. The van der Waals surface area contributed by atoms with Crippen molar-refractivity contribution in [3.63, 3.8) is 0 Å². The van der Waals surface area contributed by atoms with Gasteiger partial charge in [0.05, 0.1) is 25.4 Å². The summed E-state index contributed by atoms with van der Waals surface area (Å²) in [7, 11) is 1.78. The van der Waals surface area contributed by atoms with Gasteiger partial charge in [0.2, 0.25) is 5.91 Å². The summed E-state index contributed by atoms with van der Waals surface area (Å²) in [5.41, 5.74) is 1.41. The number of hydrogen-bond acceptors (Lipinski definition) is 3. The molecule has 0 bridgehead atoms. The zero-order valence-corrected chi connectivity index (χ0v) is 12.7. The van der Waals surface area contributed by atoms with Crippen LogP contribution in [-0.4, -0.2) is 48.3 Å². The molecule has 0 unspecified atom stereocenters. The second-order valence-corrected chi connectivity index (χ2v) is 6.65. The minimum absolute atomic E-state index is 0.0630. The predicted molar refractivity (Wildman–Crippen MR) is 79.9 cm³/mol. The van der Waals surface area contributed by atoms with Gasteiger partial charge in [-0.1, -0.05) is 37.3 Å². The molecular weight excluding hydrogens is 266 g/mol. The average molecular weight is 289 g/mol. The smallest absolute Gasteiger partial charge is 0.225 e. The predicted octanol–water partition coefficient (Wildman–Crippen LogP) is 1.57. The van der Waals surface area contributed by atoms with E-state index in [1.54, 1.807) is 11.9 Å². The first kappa shape index (κ1) is 14.5. The Morgan fingerprint density at radius 1 is 1.29 bits per heavy atom. The van der Waals surface area contributed by atoms with Gasteiger partial charge < -0.3 is 14.7 Å². The average Bonchev–Trinajstić information content (AvgIpc) is 2.89. The lowest BCUT2D eigenvalue weighted by Crippen LogP contribution is -2.52. The van der Waals surface area contributed by atoms with Gasteiger partial charge in [-0.25, -0.2) is 0 Å². The minimum Gasteiger partial charge on any atom is -0.388 e. The van der Waals surface area contributed by atoms with E-state index in [1.807, 2.05) is 18.2 Å². The van der Waals surface area contributed by atoms with E-state index in [1.165, 1.54) is 5.56 Å². The maximum absolute atomic E-state index is 12.5. The molecule has 0 spiro atoms. The van der Waals surface area contributed by atoms with E-state index in [4.69, 9.17) is 4.74 Å². The highest BCUT2D eigenvalue weighted by Crippen LogP contribution is 2.48. The van der Waals surface area contributed by atoms with Gasteiger partial charge in [0.15, 0.2) is 0 Å². The summed E-state index contributed by atoms with van der Waals surface area (Å²) >= 11 is 0. The number of amides is 1. The van der Waals surface area contributed by atoms with Crippen molar-refractivity contribution in [2.45, 2.75) is 37.3 Å². The van der Waals surface area contributed by atoms with Gasteiger partial charge >= 0.3 is 0 Å². The number of hydrogen-bond donors (Lipinski definition) is 1. The minimum atomic E-state index is -0.556. The Hall–Kier alpha value is -1.39. The van der Waals surface area contributed by atoms with Gasteiger partial charge in [0, 0.05) is 13.0 Å². The van der Waals surface area contributed by atoms with Crippen LogP contribution < -0.4 is 0 Å². The number of carbonyl (C=O) groups excluding carboxylic acids is 1. The van der Waals surface area contributed by atoms with E-state index in [9.17, 15) is 9.90 Å². The number of aliphatic hydroxyl groups excluding tert-OH is 1. The van der Waals surface area contributed by atoms with Crippen LogP contribution in [0, 0.1) is 5.92 Å². The monoisotopic (exact) mass is 289 g/mol. The summed E-state index contributed by atoms with van der Waals surface area (Å²) in [6.45, 7) is 2.99. The van der Waals surface area contributed by atoms with Crippen LogP contribution in [0.5, 0.6) is 0 Å². The summed E-state index contributed by atoms with van der Waals surface area (Å²) in [4.78, 5) is 14.2. The lowest BCUT2D eigenvalue weighted by atomic mass is 9.59. The van der Waals surface area contributed by atoms with E-state index < -0.39 is 6.10 Å². The van der Waals surface area contributed by atoms with Gasteiger partial charge in [0.1, 0.15) is 0 Å². The first-order valence-electron chi connectivity index (χ1n) is 7.59. The van der Waals surface area contributed by atoms with Gasteiger partial charge in [0.25, 0.3) is 0 Å². The third kappa shape index (κ3) is 2.58. The fourth-order valence-electron chi connectivity index (χ4n) is 3.63. The summed E-state index contributed by atoms with van der Waals surface area (Å²) in [6, 6.07) is 10.2. The molecule has 1 aliphatic heterocycles. The van der Waals surface area contributed by atoms with E-state index >= 15 is 0 Å². The van der Waals surface area contributed by atoms with Gasteiger partial charge in [-0.05, 0) is 23.8 Å². The molecule has 21 heavy (non-hydrogen) atoms. The molecule has 1 saturated carbocycles. The van der Waals surface area contributed by atoms with Crippen LogP contribution in [0.4, 0.5) is 0 Å². The highest BCUT2D eigenvalue weighted by Gasteiger charge is 2.47. The number of carbonyl (C=O) groups is 1. The Morgan fingerprint density at radius 2 is 1.95 bits per heavy atom. The van der Waals surface area contributed by atoms with E-state index in [2.05, 4.69) is 19.1 Å². The fraction of sp³-hybridized carbons (Fsp3) is 0.588. The molecule has 0 radical (unpaired) electrons. The van der Waals surface area contributed by atoms with Crippen LogP contribution in [0.3, 0.4) is 0 Å². The van der Waals surface area contributed by atoms with Crippen molar-refractivity contribution in [3.05, 3.63) is 35.9 Å². The first-order chi connectivity index (χ1) is 10.0. The lowest BCUT2D eigenvalue weighted by Gasteiger charge is -2.46. The SMILES string of the molecule is CN(C(=O)C1CC(C)(c2ccccc2)C1)[C@@H]1COC[C@H]1O. The van der Waals surface area contributed by atoms with E-state index in [0.29, 0.717) is 13.2 Å². The van der Waals surface area contributed by atoms with Crippen LogP contribution in [0.15, 0.2) is 30.3 Å². The van der Waals surface area contributed by atoms with Crippen LogP contribution in [0.25, 0.3) is 0 Å². The molecule has 1 saturated heterocycles. The summed E-state index contributed by atoms with van der Waals surface area (Å²) in [5.74, 6) is 0.200. The number of likely N-dealkylation sites (N-methyl/N-ethyl adjacent to an activating group) is 1. The molecule has 2 aliphatic rings. The van der Waals surface area contributed by atoms with Gasteiger partial charge in [-0.15, -0.1) is 0 Å². The van der Waals surface area contributed by atoms with Crippen molar-refractivity contribution in [1.82, 2.24) is 4.90 Å². The molecule has 2 atom stereocenters. The molecule has 4 heteroatoms. The molecule has 114 valence electrons. The van der Waals surface area contributed by atoms with Crippen LogP contribution >= 0.6 is 0 Å². The van der Waals surface area contributed by atoms with E-state index in [-0.39, 0.29) is 23.3 Å². The molecule has 1 aliphatic carbocycles. The van der Waals surface area contributed by atoms with Crippen molar-refractivity contribution < 1.29 is 14.6 Å². The molecule has 1 amide bonds. The van der Waals surface area contributed by atoms with Gasteiger partial charge in [-0.2, -0.15) is 0 Å². The second kappa shape index (κ2) is 5.43. The number of ether oxygens (including phenoxy) is 1. The molecule has 2 fully saturated rings. The Morgan fingerprint density at radius 3 is 2.52 bits per heavy atom. The Kier molecular flexibility index (Phi) is 3.76. The molecule has 1 aromatic carbocycles. The zero-order chi connectivity index (χ0) is 15.0. The number of nitrogens with zero attached hydrogens (tertiary/aromatic N) is 1. The van der Waals surface area contributed by atoms with Crippen molar-refractivity contribution in [3.8, 4) is 0 Å². The largest absolute Gasteiger partial charge is 0.388 e. The highest BCUT2D eigenvalue weighted by atomic mass is 16.5. The molecule has 1 aromatic rings. The van der Waals surface area contributed by atoms with Crippen LogP contribution in [-0.2, 0) is 14.9 Å². The van der Waals surface area contributed by atoms with E-state index in [0.717, 1.165) is 12.8 Å². The van der Waals surface area contributed by atoms with Crippen molar-refractivity contribution >= 4 is 5.91 Å². The van der Waals surface area contributed by atoms with Gasteiger partial charge in [-0.3, -0.25) is 4.79 Å². The third-order valence-corrected chi connectivity index (χ3v) is 5.08. The fourth-order valence-corrected chi connectivity index (χ4v) is 3.63. The van der Waals surface area contributed by atoms with Crippen LogP contribution in [0.1, 0.15) is 25.3 Å². The normalized spacial score (nSPS) is 35.3. The first-order valence-corrected chi connectivity index (χ1v) is 7.59. The Bertz CT molecular complexity index is 510. The Balaban J connectivity index is 1.62. The molecule has 4 nitrogen and oxygen atoms in total. The molecular formula is C17H23NO3. The summed E-state index contributed by atoms with van der Waals surface area (Å²) in [6.07, 6.45) is 1.20. The van der Waals surface area contributed by atoms with Crippen molar-refractivity contribution in [1.29, 1.82) is 0 Å². The van der Waals surface area contributed by atoms with Crippen molar-refractivity contribution in [2.75, 3.05) is 20.3 Å². The quantitative estimate of drug-likeness (QED) is 0.919. The summed E-state index contributed by atoms with van der Waals surface area (Å²) in [5, 5.41) is 9.84. The number of benzene rings is 1. The molecule has 3 rings (SSSR count). The topological polar surface area (TPSA) is 49.8 Å². The Labute approximate surface area is 125 Å². The lowest BCUT2D eigenvalue weighted by molar-refractivity contribution is -0.142. The second-order valence-electron chi connectivity index (χ2n) is 6.65. The maximum atomic E-state index is 12.5. The standard InChI is InChI=1S/C17H23NO3/c1-17(13-6-4-3-5-7-13)8-12(9-17)16(20)18(2)14-10-21-11-15(14)19/h3-7,12,14-15,19H,8-11H2,1-2H3/t12?,14-,15-,17?/m1/s1. The van der Waals surface area contributed by atoms with Crippen LogP contribution in [0.2, 0.25) is 0 Å². The molecule has 0 aromatic heterocycles. The summed E-state index contributed by atoms with van der Waals surface area (Å²) < 4.78 is 5.24. The molecule has 1 heterocycles. The van der Waals surface area contributed by atoms with Crippen molar-refractivity contribution in [2.24, 2.45) is 5.92 Å². The molecule has 1 N–H and O–H groups in total. The maximum Gasteiger partial charge on any atom is 0.225 e. The zero-order valence-electron chi connectivity index (χ0n) is 12.7. The number of aliphatic hydroxyl groups is 1. The number of rotatable bonds is 3. The third-order valence-electron chi connectivity index (χ3n) is 5.08.